The number of carbonyl (C=O) groups excluding carboxylic acids is 1. The second kappa shape index (κ2) is 12.3. The van der Waals surface area contributed by atoms with Gasteiger partial charge in [-0.3, -0.25) is 0 Å². The van der Waals surface area contributed by atoms with Gasteiger partial charge in [0, 0.05) is 0 Å². The number of fused-ring (bicyclic) bond motifs is 1. The van der Waals surface area contributed by atoms with Crippen molar-refractivity contribution in [2.75, 3.05) is 6.61 Å². The Bertz CT molecular complexity index is 1080. The molecule has 0 heterocycles. The number of ether oxygens (including phenoxy) is 2. The van der Waals surface area contributed by atoms with E-state index in [0.717, 1.165) is 31.6 Å². The van der Waals surface area contributed by atoms with Crippen LogP contribution in [0.3, 0.4) is 0 Å². The third-order valence-electron chi connectivity index (χ3n) is 7.87. The minimum atomic E-state index is -1.13. The molecule has 2 aromatic rings. The van der Waals surface area contributed by atoms with Crippen molar-refractivity contribution in [3.8, 4) is 11.5 Å². The smallest absolute Gasteiger partial charge is 0.346 e. The number of esters is 1. The summed E-state index contributed by atoms with van der Waals surface area (Å²) in [5.41, 5.74) is -0.0000150. The van der Waals surface area contributed by atoms with Crippen LogP contribution in [0.15, 0.2) is 61.2 Å². The zero-order valence-electron chi connectivity index (χ0n) is 21.1. The van der Waals surface area contributed by atoms with Crippen molar-refractivity contribution in [3.63, 3.8) is 0 Å². The Hall–Kier alpha value is -2.95. The van der Waals surface area contributed by atoms with Gasteiger partial charge in [0.15, 0.2) is 11.6 Å². The van der Waals surface area contributed by atoms with Crippen LogP contribution in [0.2, 0.25) is 0 Å². The van der Waals surface area contributed by atoms with Gasteiger partial charge in [-0.2, -0.15) is 0 Å². The molecule has 0 radical (unpaired) electrons. The molecule has 4 atom stereocenters. The maximum atomic E-state index is 15.2. The first-order valence-corrected chi connectivity index (χ1v) is 13.1. The van der Waals surface area contributed by atoms with Gasteiger partial charge in [-0.1, -0.05) is 37.3 Å². The Morgan fingerprint density at radius 1 is 0.972 bits per heavy atom. The van der Waals surface area contributed by atoms with Crippen LogP contribution >= 0.6 is 0 Å². The van der Waals surface area contributed by atoms with Gasteiger partial charge < -0.3 is 9.47 Å². The van der Waals surface area contributed by atoms with E-state index >= 15 is 4.39 Å². The molecule has 2 saturated carbocycles. The van der Waals surface area contributed by atoms with Gasteiger partial charge in [-0.25, -0.2) is 13.6 Å². The maximum absolute atomic E-state index is 15.2. The Balaban J connectivity index is 1.37. The second-order valence-corrected chi connectivity index (χ2v) is 10.1. The first-order valence-electron chi connectivity index (χ1n) is 13.1. The van der Waals surface area contributed by atoms with Crippen LogP contribution in [0.1, 0.15) is 80.1 Å². The Labute approximate surface area is 213 Å². The van der Waals surface area contributed by atoms with E-state index in [1.165, 1.54) is 31.7 Å². The Morgan fingerprint density at radius 2 is 1.69 bits per heavy atom. The van der Waals surface area contributed by atoms with E-state index in [2.05, 4.69) is 25.7 Å². The van der Waals surface area contributed by atoms with Crippen molar-refractivity contribution >= 4 is 5.97 Å². The van der Waals surface area contributed by atoms with Crippen LogP contribution < -0.4 is 9.47 Å². The predicted octanol–water partition coefficient (Wildman–Crippen LogP) is 8.41. The van der Waals surface area contributed by atoms with E-state index in [0.29, 0.717) is 29.8 Å². The fourth-order valence-electron chi connectivity index (χ4n) is 5.99. The molecule has 0 saturated heterocycles. The van der Waals surface area contributed by atoms with Crippen LogP contribution in [0.5, 0.6) is 11.5 Å². The molecule has 0 aromatic heterocycles. The molecule has 0 bridgehead atoms. The highest BCUT2D eigenvalue weighted by atomic mass is 19.2. The minimum Gasteiger partial charge on any atom is -0.490 e. The summed E-state index contributed by atoms with van der Waals surface area (Å²) >= 11 is 0. The maximum Gasteiger partial charge on any atom is 0.346 e. The van der Waals surface area contributed by atoms with E-state index in [1.54, 1.807) is 36.4 Å². The van der Waals surface area contributed by atoms with E-state index in [9.17, 15) is 9.18 Å². The van der Waals surface area contributed by atoms with Crippen molar-refractivity contribution in [1.29, 1.82) is 0 Å². The van der Waals surface area contributed by atoms with Crippen molar-refractivity contribution < 1.29 is 23.0 Å². The van der Waals surface area contributed by atoms with E-state index in [4.69, 9.17) is 9.47 Å². The number of allylic oxidation sites excluding steroid dienone is 2. The summed E-state index contributed by atoms with van der Waals surface area (Å²) < 4.78 is 40.8. The summed E-state index contributed by atoms with van der Waals surface area (Å²) in [4.78, 5) is 12.6. The molecule has 192 valence electrons. The first kappa shape index (κ1) is 26.1. The highest BCUT2D eigenvalue weighted by Gasteiger charge is 2.37. The number of hydrogen-bond acceptors (Lipinski definition) is 3. The van der Waals surface area contributed by atoms with Crippen molar-refractivity contribution in [1.82, 2.24) is 0 Å². The molecule has 4 rings (SSSR count). The first-order chi connectivity index (χ1) is 17.5. The largest absolute Gasteiger partial charge is 0.490 e. The molecule has 4 unspecified atom stereocenters. The summed E-state index contributed by atoms with van der Waals surface area (Å²) in [6.45, 7) is 6.01. The third-order valence-corrected chi connectivity index (χ3v) is 7.87. The van der Waals surface area contributed by atoms with Gasteiger partial charge in [0.05, 0.1) is 5.56 Å². The molecule has 0 amide bonds. The third kappa shape index (κ3) is 6.24. The lowest BCUT2D eigenvalue weighted by Crippen LogP contribution is -2.30. The van der Waals surface area contributed by atoms with E-state index < -0.39 is 23.2 Å². The summed E-state index contributed by atoms with van der Waals surface area (Å²) in [6, 6.07) is 9.31. The zero-order valence-corrected chi connectivity index (χ0v) is 21.1. The van der Waals surface area contributed by atoms with Gasteiger partial charge in [0.2, 0.25) is 0 Å². The van der Waals surface area contributed by atoms with E-state index in [-0.39, 0.29) is 11.7 Å². The van der Waals surface area contributed by atoms with Crippen LogP contribution in [0.4, 0.5) is 8.78 Å². The predicted molar refractivity (Wildman–Crippen MR) is 138 cm³/mol. The van der Waals surface area contributed by atoms with Crippen LogP contribution in [-0.2, 0) is 0 Å². The van der Waals surface area contributed by atoms with Crippen molar-refractivity contribution in [2.45, 2.75) is 64.2 Å². The fourth-order valence-corrected chi connectivity index (χ4v) is 5.99. The summed E-state index contributed by atoms with van der Waals surface area (Å²) in [5, 5.41) is 0. The molecule has 5 heteroatoms. The number of halogens is 2. The Morgan fingerprint density at radius 3 is 2.44 bits per heavy atom. The standard InChI is InChI=1S/C31H36F2O3/c1-3-5-6-7-21-8-9-23-20-24(11-10-22(23)19-21)27-16-17-28(30(33)29(27)32)31(34)36-26-14-12-25(13-15-26)35-18-4-2/h3-5,12-17,21-24H,2,6-11,18-20H2,1H3/b5-3+. The van der Waals surface area contributed by atoms with Crippen LogP contribution in [0.25, 0.3) is 0 Å². The van der Waals surface area contributed by atoms with Crippen LogP contribution in [-0.4, -0.2) is 12.6 Å². The highest BCUT2D eigenvalue weighted by Crippen LogP contribution is 2.49. The number of rotatable bonds is 9. The van der Waals surface area contributed by atoms with Crippen molar-refractivity contribution in [2.24, 2.45) is 17.8 Å². The van der Waals surface area contributed by atoms with Gasteiger partial charge >= 0.3 is 5.97 Å². The fraction of sp³-hybridized carbons (Fsp3) is 0.452. The molecule has 2 aliphatic rings. The molecule has 0 spiro atoms. The monoisotopic (exact) mass is 494 g/mol. The number of carbonyl (C=O) groups is 1. The minimum absolute atomic E-state index is 0.00601. The van der Waals surface area contributed by atoms with Gasteiger partial charge in [-0.15, -0.1) is 0 Å². The molecule has 3 nitrogen and oxygen atoms in total. The average Bonchev–Trinajstić information content (AvgIpc) is 2.89. The molecule has 0 N–H and O–H groups in total. The topological polar surface area (TPSA) is 35.5 Å². The van der Waals surface area contributed by atoms with Gasteiger partial charge in [-0.05, 0) is 111 Å². The average molecular weight is 495 g/mol. The summed E-state index contributed by atoms with van der Waals surface area (Å²) in [7, 11) is 0. The lowest BCUT2D eigenvalue weighted by atomic mass is 9.63. The Kier molecular flexibility index (Phi) is 8.95. The van der Waals surface area contributed by atoms with E-state index in [1.807, 2.05) is 0 Å². The molecule has 2 aromatic carbocycles. The summed E-state index contributed by atoms with van der Waals surface area (Å²) in [6.07, 6.45) is 14.9. The molecule has 2 fully saturated rings. The second-order valence-electron chi connectivity index (χ2n) is 10.1. The highest BCUT2D eigenvalue weighted by molar-refractivity contribution is 5.91. The molecular formula is C31H36F2O3. The number of hydrogen-bond donors (Lipinski definition) is 0. The lowest BCUT2D eigenvalue weighted by Gasteiger charge is -2.42. The van der Waals surface area contributed by atoms with Crippen molar-refractivity contribution in [3.05, 3.63) is 84.0 Å². The number of benzene rings is 2. The normalized spacial score (nSPS) is 23.8. The van der Waals surface area contributed by atoms with Gasteiger partial charge in [0.1, 0.15) is 18.1 Å². The lowest BCUT2D eigenvalue weighted by molar-refractivity contribution is 0.0728. The molecular weight excluding hydrogens is 458 g/mol. The van der Waals surface area contributed by atoms with Gasteiger partial charge in [0.25, 0.3) is 0 Å². The van der Waals surface area contributed by atoms with Crippen LogP contribution in [0, 0.1) is 29.4 Å². The molecule has 36 heavy (non-hydrogen) atoms. The SMILES string of the molecule is C=CCOc1ccc(OC(=O)c2ccc(C3CCC4CC(CC/C=C/C)CCC4C3)c(F)c2F)cc1. The molecule has 2 aliphatic carbocycles. The quantitative estimate of drug-likeness (QED) is 0.199. The molecule has 0 aliphatic heterocycles. The summed E-state index contributed by atoms with van der Waals surface area (Å²) in [5.74, 6) is -0.0870. The zero-order chi connectivity index (χ0) is 25.5.